The van der Waals surface area contributed by atoms with Crippen LogP contribution in [0.5, 0.6) is 0 Å². The Morgan fingerprint density at radius 1 is 1.09 bits per heavy atom. The maximum atomic E-state index is 12.1. The van der Waals surface area contributed by atoms with Gasteiger partial charge in [-0.3, -0.25) is 0 Å². The minimum Gasteiger partial charge on any atom is -0.465 e. The number of halogens is 1. The smallest absolute Gasteiger partial charge is 0.339 e. The molecule has 2 aromatic carbocycles. The first-order valence-electron chi connectivity index (χ1n) is 6.52. The van der Waals surface area contributed by atoms with Crippen molar-refractivity contribution in [2.45, 2.75) is 6.92 Å². The summed E-state index contributed by atoms with van der Waals surface area (Å²) in [4.78, 5) is 23.7. The van der Waals surface area contributed by atoms with Crippen molar-refractivity contribution in [3.8, 4) is 0 Å². The van der Waals surface area contributed by atoms with Gasteiger partial charge in [0.1, 0.15) is 0 Å². The number of urea groups is 1. The Morgan fingerprint density at radius 2 is 1.82 bits per heavy atom. The molecular weight excluding hydrogens is 348 g/mol. The summed E-state index contributed by atoms with van der Waals surface area (Å²) < 4.78 is 5.66. The number of carbonyl (C=O) groups is 2. The maximum Gasteiger partial charge on any atom is 0.339 e. The van der Waals surface area contributed by atoms with Gasteiger partial charge >= 0.3 is 12.0 Å². The SMILES string of the molecule is COC(=O)c1ccccc1NC(=O)Nc1ccc(Br)c(C)c1. The quantitative estimate of drug-likeness (QED) is 0.804. The van der Waals surface area contributed by atoms with Gasteiger partial charge in [-0.05, 0) is 42.8 Å². The van der Waals surface area contributed by atoms with Crippen molar-refractivity contribution in [3.63, 3.8) is 0 Å². The number of hydrogen-bond acceptors (Lipinski definition) is 3. The highest BCUT2D eigenvalue weighted by Crippen LogP contribution is 2.21. The van der Waals surface area contributed by atoms with Crippen molar-refractivity contribution in [2.75, 3.05) is 17.7 Å². The molecule has 0 heterocycles. The lowest BCUT2D eigenvalue weighted by Crippen LogP contribution is -2.21. The number of nitrogens with one attached hydrogen (secondary N) is 2. The third kappa shape index (κ3) is 3.85. The Morgan fingerprint density at radius 3 is 2.50 bits per heavy atom. The van der Waals surface area contributed by atoms with Crippen LogP contribution in [0.25, 0.3) is 0 Å². The number of carbonyl (C=O) groups excluding carboxylic acids is 2. The summed E-state index contributed by atoms with van der Waals surface area (Å²) in [6, 6.07) is 11.7. The summed E-state index contributed by atoms with van der Waals surface area (Å²) in [7, 11) is 1.30. The molecule has 0 radical (unpaired) electrons. The van der Waals surface area contributed by atoms with Crippen LogP contribution < -0.4 is 10.6 Å². The first-order valence-corrected chi connectivity index (χ1v) is 7.32. The topological polar surface area (TPSA) is 67.4 Å². The van der Waals surface area contributed by atoms with Crippen molar-refractivity contribution >= 4 is 39.3 Å². The number of ether oxygens (including phenoxy) is 1. The van der Waals surface area contributed by atoms with Crippen molar-refractivity contribution in [3.05, 3.63) is 58.1 Å². The molecule has 0 aliphatic carbocycles. The summed E-state index contributed by atoms with van der Waals surface area (Å²) in [6.45, 7) is 1.93. The van der Waals surface area contributed by atoms with Gasteiger partial charge in [0.05, 0.1) is 18.4 Å². The predicted octanol–water partition coefficient (Wildman–Crippen LogP) is 4.19. The average Bonchev–Trinajstić information content (AvgIpc) is 2.50. The van der Waals surface area contributed by atoms with E-state index in [-0.39, 0.29) is 0 Å². The number of amides is 2. The molecular formula is C16H15BrN2O3. The van der Waals surface area contributed by atoms with E-state index in [1.54, 1.807) is 30.3 Å². The third-order valence-electron chi connectivity index (χ3n) is 3.00. The minimum absolute atomic E-state index is 0.298. The Bertz CT molecular complexity index is 716. The van der Waals surface area contributed by atoms with Crippen molar-refractivity contribution in [1.29, 1.82) is 0 Å². The van der Waals surface area contributed by atoms with E-state index >= 15 is 0 Å². The molecule has 0 saturated carbocycles. The van der Waals surface area contributed by atoms with E-state index in [0.717, 1.165) is 10.0 Å². The lowest BCUT2D eigenvalue weighted by Gasteiger charge is -2.11. The number of hydrogen-bond donors (Lipinski definition) is 2. The summed E-state index contributed by atoms with van der Waals surface area (Å²) in [5, 5.41) is 5.37. The second-order valence-corrected chi connectivity index (χ2v) is 5.43. The monoisotopic (exact) mass is 362 g/mol. The van der Waals surface area contributed by atoms with Crippen LogP contribution in [0.1, 0.15) is 15.9 Å². The molecule has 2 amide bonds. The lowest BCUT2D eigenvalue weighted by atomic mass is 10.2. The number of methoxy groups -OCH3 is 1. The zero-order valence-corrected chi connectivity index (χ0v) is 13.7. The van der Waals surface area contributed by atoms with Crippen LogP contribution in [-0.2, 0) is 4.74 Å². The van der Waals surface area contributed by atoms with Gasteiger partial charge in [0.25, 0.3) is 0 Å². The average molecular weight is 363 g/mol. The Balaban J connectivity index is 2.12. The van der Waals surface area contributed by atoms with E-state index in [1.807, 2.05) is 19.1 Å². The molecule has 0 aliphatic heterocycles. The van der Waals surface area contributed by atoms with E-state index in [4.69, 9.17) is 0 Å². The second kappa shape index (κ2) is 7.09. The van der Waals surface area contributed by atoms with Crippen LogP contribution in [0, 0.1) is 6.92 Å². The number of anilines is 2. The van der Waals surface area contributed by atoms with Crippen LogP contribution in [0.15, 0.2) is 46.9 Å². The van der Waals surface area contributed by atoms with E-state index in [9.17, 15) is 9.59 Å². The Labute approximate surface area is 136 Å². The molecule has 0 spiro atoms. The third-order valence-corrected chi connectivity index (χ3v) is 3.89. The van der Waals surface area contributed by atoms with Gasteiger partial charge in [-0.1, -0.05) is 28.1 Å². The molecule has 2 rings (SSSR count). The molecule has 0 unspecified atom stereocenters. The van der Waals surface area contributed by atoms with Crippen molar-refractivity contribution in [1.82, 2.24) is 0 Å². The minimum atomic E-state index is -0.504. The molecule has 0 aliphatic rings. The number of benzene rings is 2. The fraction of sp³-hybridized carbons (Fsp3) is 0.125. The molecule has 0 saturated heterocycles. The summed E-state index contributed by atoms with van der Waals surface area (Å²) >= 11 is 3.40. The molecule has 6 heteroatoms. The number of aryl methyl sites for hydroxylation is 1. The fourth-order valence-corrected chi connectivity index (χ4v) is 2.13. The van der Waals surface area contributed by atoms with Gasteiger partial charge in [0, 0.05) is 10.2 Å². The summed E-state index contributed by atoms with van der Waals surface area (Å²) in [5.41, 5.74) is 2.36. The first-order chi connectivity index (χ1) is 10.5. The van der Waals surface area contributed by atoms with Crippen LogP contribution >= 0.6 is 15.9 Å². The molecule has 0 atom stereocenters. The fourth-order valence-electron chi connectivity index (χ4n) is 1.89. The first kappa shape index (κ1) is 16.0. The van der Waals surface area contributed by atoms with E-state index in [0.29, 0.717) is 16.9 Å². The number of para-hydroxylation sites is 1. The lowest BCUT2D eigenvalue weighted by molar-refractivity contribution is 0.0602. The predicted molar refractivity (Wildman–Crippen MR) is 89.3 cm³/mol. The standard InChI is InChI=1S/C16H15BrN2O3/c1-10-9-11(7-8-13(10)17)18-16(21)19-14-6-4-3-5-12(14)15(20)22-2/h3-9H,1-2H3,(H2,18,19,21). The molecule has 2 N–H and O–H groups in total. The van der Waals surface area contributed by atoms with Crippen molar-refractivity contribution in [2.24, 2.45) is 0 Å². The summed E-state index contributed by atoms with van der Waals surface area (Å²) in [6.07, 6.45) is 0. The van der Waals surface area contributed by atoms with Gasteiger partial charge in [0.15, 0.2) is 0 Å². The second-order valence-electron chi connectivity index (χ2n) is 4.58. The molecule has 5 nitrogen and oxygen atoms in total. The van der Waals surface area contributed by atoms with E-state index in [2.05, 4.69) is 31.3 Å². The van der Waals surface area contributed by atoms with Gasteiger partial charge in [-0.25, -0.2) is 9.59 Å². The van der Waals surface area contributed by atoms with Gasteiger partial charge < -0.3 is 15.4 Å². The zero-order chi connectivity index (χ0) is 16.1. The van der Waals surface area contributed by atoms with Crippen LogP contribution in [-0.4, -0.2) is 19.1 Å². The molecule has 0 aromatic heterocycles. The maximum absolute atomic E-state index is 12.1. The number of rotatable bonds is 3. The van der Waals surface area contributed by atoms with E-state index < -0.39 is 12.0 Å². The van der Waals surface area contributed by atoms with Crippen LogP contribution in [0.2, 0.25) is 0 Å². The molecule has 0 bridgehead atoms. The molecule has 2 aromatic rings. The largest absolute Gasteiger partial charge is 0.465 e. The zero-order valence-electron chi connectivity index (χ0n) is 12.1. The molecule has 114 valence electrons. The van der Waals surface area contributed by atoms with E-state index in [1.165, 1.54) is 7.11 Å². The normalized spacial score (nSPS) is 9.95. The number of esters is 1. The van der Waals surface area contributed by atoms with Crippen LogP contribution in [0.3, 0.4) is 0 Å². The van der Waals surface area contributed by atoms with Gasteiger partial charge in [-0.2, -0.15) is 0 Å². The Hall–Kier alpha value is -2.34. The highest BCUT2D eigenvalue weighted by atomic mass is 79.9. The highest BCUT2D eigenvalue weighted by Gasteiger charge is 2.13. The Kier molecular flexibility index (Phi) is 5.16. The highest BCUT2D eigenvalue weighted by molar-refractivity contribution is 9.10. The van der Waals surface area contributed by atoms with Gasteiger partial charge in [-0.15, -0.1) is 0 Å². The summed E-state index contributed by atoms with van der Waals surface area (Å²) in [5.74, 6) is -0.504. The molecule has 22 heavy (non-hydrogen) atoms. The van der Waals surface area contributed by atoms with Gasteiger partial charge in [0.2, 0.25) is 0 Å². The van der Waals surface area contributed by atoms with Crippen molar-refractivity contribution < 1.29 is 14.3 Å². The van der Waals surface area contributed by atoms with Crippen LogP contribution in [0.4, 0.5) is 16.2 Å². The molecule has 0 fully saturated rings.